The first kappa shape index (κ1) is 14.9. The molecule has 0 bridgehead atoms. The molecule has 0 heterocycles. The molecule has 2 N–H and O–H groups in total. The van der Waals surface area contributed by atoms with Crippen LogP contribution in [0.25, 0.3) is 0 Å². The zero-order valence-electron chi connectivity index (χ0n) is 11.1. The minimum absolute atomic E-state index is 0.318. The number of hydrogen-bond acceptors (Lipinski definition) is 1. The van der Waals surface area contributed by atoms with Crippen molar-refractivity contribution in [3.63, 3.8) is 0 Å². The smallest absolute Gasteiger partial charge is 0.175 e. The maximum absolute atomic E-state index is 13.7. The lowest BCUT2D eigenvalue weighted by Gasteiger charge is -2.12. The molecule has 0 aromatic heterocycles. The molecule has 0 spiro atoms. The van der Waals surface area contributed by atoms with Crippen molar-refractivity contribution in [2.75, 3.05) is 10.6 Å². The molecular weight excluding hydrogens is 339 g/mol. The molecule has 0 saturated carbocycles. The lowest BCUT2D eigenvalue weighted by molar-refractivity contribution is 0.631. The van der Waals surface area contributed by atoms with Crippen molar-refractivity contribution in [2.45, 2.75) is 13.8 Å². The molecule has 2 aromatic rings. The fourth-order valence-electron chi connectivity index (χ4n) is 1.73. The van der Waals surface area contributed by atoms with Crippen LogP contribution in [-0.2, 0) is 0 Å². The van der Waals surface area contributed by atoms with Gasteiger partial charge in [0.2, 0.25) is 0 Å². The summed E-state index contributed by atoms with van der Waals surface area (Å²) >= 11 is 8.63. The number of halogens is 2. The molecule has 0 amide bonds. The van der Waals surface area contributed by atoms with E-state index in [0.717, 1.165) is 21.3 Å². The number of anilines is 2. The normalized spacial score (nSPS) is 10.2. The highest BCUT2D eigenvalue weighted by Gasteiger charge is 2.05. The molecule has 0 saturated heterocycles. The maximum Gasteiger partial charge on any atom is 0.175 e. The molecule has 20 heavy (non-hydrogen) atoms. The van der Waals surface area contributed by atoms with Crippen LogP contribution in [0.2, 0.25) is 0 Å². The van der Waals surface area contributed by atoms with Gasteiger partial charge in [-0.25, -0.2) is 4.39 Å². The first-order valence-corrected chi connectivity index (χ1v) is 7.26. The van der Waals surface area contributed by atoms with Crippen molar-refractivity contribution >= 4 is 44.6 Å². The van der Waals surface area contributed by atoms with Crippen LogP contribution < -0.4 is 10.6 Å². The summed E-state index contributed by atoms with van der Waals surface area (Å²) in [7, 11) is 0. The predicted octanol–water partition coefficient (Wildman–Crippen LogP) is 5.01. The Balaban J connectivity index is 2.07. The lowest BCUT2D eigenvalue weighted by atomic mass is 10.2. The summed E-state index contributed by atoms with van der Waals surface area (Å²) in [5, 5.41) is 6.24. The van der Waals surface area contributed by atoms with E-state index in [1.54, 1.807) is 6.07 Å². The highest BCUT2D eigenvalue weighted by molar-refractivity contribution is 9.10. The van der Waals surface area contributed by atoms with E-state index < -0.39 is 0 Å². The van der Waals surface area contributed by atoms with Gasteiger partial charge in [0.05, 0.1) is 5.69 Å². The summed E-state index contributed by atoms with van der Waals surface area (Å²) < 4.78 is 14.7. The predicted molar refractivity (Wildman–Crippen MR) is 89.9 cm³/mol. The van der Waals surface area contributed by atoms with E-state index in [-0.39, 0.29) is 5.82 Å². The Morgan fingerprint density at radius 3 is 2.50 bits per heavy atom. The Labute approximate surface area is 131 Å². The van der Waals surface area contributed by atoms with E-state index in [2.05, 4.69) is 26.6 Å². The summed E-state index contributed by atoms with van der Waals surface area (Å²) in [6.07, 6.45) is 0. The van der Waals surface area contributed by atoms with Crippen molar-refractivity contribution in [2.24, 2.45) is 0 Å². The molecule has 0 aliphatic carbocycles. The van der Waals surface area contributed by atoms with Gasteiger partial charge in [0, 0.05) is 10.2 Å². The zero-order chi connectivity index (χ0) is 14.7. The van der Waals surface area contributed by atoms with E-state index in [1.165, 1.54) is 6.07 Å². The largest absolute Gasteiger partial charge is 0.332 e. The number of benzene rings is 2. The van der Waals surface area contributed by atoms with Crippen molar-refractivity contribution in [1.29, 1.82) is 0 Å². The Bertz CT molecular complexity index is 658. The highest BCUT2D eigenvalue weighted by Crippen LogP contribution is 2.20. The van der Waals surface area contributed by atoms with Gasteiger partial charge in [-0.3, -0.25) is 0 Å². The zero-order valence-corrected chi connectivity index (χ0v) is 13.5. The van der Waals surface area contributed by atoms with Gasteiger partial charge in [-0.05, 0) is 67.5 Å². The monoisotopic (exact) mass is 352 g/mol. The van der Waals surface area contributed by atoms with Gasteiger partial charge in [0.15, 0.2) is 5.11 Å². The topological polar surface area (TPSA) is 24.1 Å². The molecule has 0 atom stereocenters. The molecule has 2 nitrogen and oxygen atoms in total. The summed E-state index contributed by atoms with van der Waals surface area (Å²) in [5.74, 6) is -0.318. The number of thiocarbonyl (C=S) groups is 1. The van der Waals surface area contributed by atoms with Gasteiger partial charge in [-0.15, -0.1) is 0 Å². The van der Waals surface area contributed by atoms with Gasteiger partial charge in [0.25, 0.3) is 0 Å². The summed E-state index contributed by atoms with van der Waals surface area (Å²) in [5.41, 5.74) is 3.19. The van der Waals surface area contributed by atoms with Gasteiger partial charge >= 0.3 is 0 Å². The first-order valence-electron chi connectivity index (χ1n) is 6.06. The molecular formula is C15H14BrFN2S. The average Bonchev–Trinajstić information content (AvgIpc) is 2.37. The number of aryl methyl sites for hydroxylation is 2. The van der Waals surface area contributed by atoms with Crippen molar-refractivity contribution < 1.29 is 4.39 Å². The third kappa shape index (κ3) is 3.77. The van der Waals surface area contributed by atoms with Gasteiger partial charge in [0.1, 0.15) is 5.82 Å². The van der Waals surface area contributed by atoms with Gasteiger partial charge in [-0.2, -0.15) is 0 Å². The van der Waals surface area contributed by atoms with Crippen LogP contribution in [0.4, 0.5) is 15.8 Å². The molecule has 0 aliphatic rings. The lowest BCUT2D eigenvalue weighted by Crippen LogP contribution is -2.19. The molecule has 2 aromatic carbocycles. The molecule has 104 valence electrons. The van der Waals surface area contributed by atoms with Crippen molar-refractivity contribution in [3.05, 3.63) is 57.8 Å². The Morgan fingerprint density at radius 2 is 1.85 bits per heavy atom. The quantitative estimate of drug-likeness (QED) is 0.742. The second-order valence-electron chi connectivity index (χ2n) is 4.53. The van der Waals surface area contributed by atoms with Crippen LogP contribution in [-0.4, -0.2) is 5.11 Å². The summed E-state index contributed by atoms with van der Waals surface area (Å²) in [6, 6.07) is 10.8. The molecule has 0 fully saturated rings. The third-order valence-electron chi connectivity index (χ3n) is 2.79. The molecule has 2 rings (SSSR count). The van der Waals surface area contributed by atoms with Gasteiger partial charge in [-0.1, -0.05) is 22.0 Å². The van der Waals surface area contributed by atoms with Crippen LogP contribution in [0.3, 0.4) is 0 Å². The fourth-order valence-corrected chi connectivity index (χ4v) is 2.20. The van der Waals surface area contributed by atoms with Gasteiger partial charge < -0.3 is 10.6 Å². The molecule has 0 unspecified atom stereocenters. The Morgan fingerprint density at radius 1 is 1.10 bits per heavy atom. The van der Waals surface area contributed by atoms with Crippen molar-refractivity contribution in [3.8, 4) is 0 Å². The number of rotatable bonds is 2. The van der Waals surface area contributed by atoms with E-state index in [4.69, 9.17) is 12.2 Å². The Kier molecular flexibility index (Phi) is 4.73. The fraction of sp³-hybridized carbons (Fsp3) is 0.133. The number of nitrogens with one attached hydrogen (secondary N) is 2. The van der Waals surface area contributed by atoms with Crippen molar-refractivity contribution in [1.82, 2.24) is 0 Å². The number of hydrogen-bond donors (Lipinski definition) is 2. The second kappa shape index (κ2) is 6.33. The molecule has 5 heteroatoms. The maximum atomic E-state index is 13.7. The van der Waals surface area contributed by atoms with Crippen LogP contribution in [0, 0.1) is 19.7 Å². The average molecular weight is 353 g/mol. The Hall–Kier alpha value is -1.46. The van der Waals surface area contributed by atoms with Crippen LogP contribution in [0.5, 0.6) is 0 Å². The summed E-state index contributed by atoms with van der Waals surface area (Å²) in [4.78, 5) is 0. The molecule has 0 radical (unpaired) electrons. The van der Waals surface area contributed by atoms with E-state index in [9.17, 15) is 4.39 Å². The minimum Gasteiger partial charge on any atom is -0.332 e. The van der Waals surface area contributed by atoms with E-state index in [1.807, 2.05) is 38.1 Å². The van der Waals surface area contributed by atoms with E-state index in [0.29, 0.717) is 10.8 Å². The second-order valence-corrected chi connectivity index (χ2v) is 5.79. The first-order chi connectivity index (χ1) is 9.45. The minimum atomic E-state index is -0.318. The van der Waals surface area contributed by atoms with E-state index >= 15 is 0 Å². The standard InChI is InChI=1S/C15H14BrFN2S/c1-9-3-6-14(13(17)7-9)19-15(20)18-11-4-5-12(16)10(2)8-11/h3-8H,1-2H3,(H2,18,19,20). The highest BCUT2D eigenvalue weighted by atomic mass is 79.9. The molecule has 0 aliphatic heterocycles. The van der Waals surface area contributed by atoms with Crippen LogP contribution in [0.15, 0.2) is 40.9 Å². The summed E-state index contributed by atoms with van der Waals surface area (Å²) in [6.45, 7) is 3.83. The van der Waals surface area contributed by atoms with Crippen LogP contribution >= 0.6 is 28.1 Å². The third-order valence-corrected chi connectivity index (χ3v) is 3.88. The SMILES string of the molecule is Cc1ccc(NC(=S)Nc2ccc(Br)c(C)c2)c(F)c1. The van der Waals surface area contributed by atoms with Crippen LogP contribution in [0.1, 0.15) is 11.1 Å².